The van der Waals surface area contributed by atoms with E-state index in [-0.39, 0.29) is 12.3 Å². The molecule has 3 rings (SSSR count). The number of amides is 1. The predicted molar refractivity (Wildman–Crippen MR) is 105 cm³/mol. The van der Waals surface area contributed by atoms with Gasteiger partial charge in [0.1, 0.15) is 5.75 Å². The van der Waals surface area contributed by atoms with Gasteiger partial charge in [0.25, 0.3) is 5.91 Å². The number of aromatic nitrogens is 1. The predicted octanol–water partition coefficient (Wildman–Crippen LogP) is 3.71. The van der Waals surface area contributed by atoms with Gasteiger partial charge in [0.2, 0.25) is 0 Å². The summed E-state index contributed by atoms with van der Waals surface area (Å²) in [5.41, 5.74) is 3.04. The molecule has 0 atom stereocenters. The van der Waals surface area contributed by atoms with E-state index in [4.69, 9.17) is 11.2 Å². The minimum absolute atomic E-state index is 0.182. The highest BCUT2D eigenvalue weighted by atomic mass is 32.1. The van der Waals surface area contributed by atoms with E-state index in [1.807, 2.05) is 60.9 Å². The zero-order valence-corrected chi connectivity index (χ0v) is 15.7. The number of rotatable bonds is 5. The fraction of sp³-hybridized carbons (Fsp3) is 0.238. The Labute approximate surface area is 156 Å². The van der Waals surface area contributed by atoms with Crippen molar-refractivity contribution < 1.29 is 9.53 Å². The van der Waals surface area contributed by atoms with Crippen LogP contribution in [0.25, 0.3) is 10.2 Å². The Balaban J connectivity index is 1.99. The summed E-state index contributed by atoms with van der Waals surface area (Å²) < 4.78 is 8.44. The smallest absolute Gasteiger partial charge is 0.252 e. The van der Waals surface area contributed by atoms with Crippen molar-refractivity contribution >= 4 is 27.5 Å². The Morgan fingerprint density at radius 2 is 2.15 bits per heavy atom. The Bertz CT molecular complexity index is 1050. The van der Waals surface area contributed by atoms with Gasteiger partial charge < -0.3 is 9.30 Å². The Kier molecular flexibility index (Phi) is 5.55. The Morgan fingerprint density at radius 1 is 1.31 bits per heavy atom. The molecule has 4 nitrogen and oxygen atoms in total. The average molecular weight is 364 g/mol. The SMILES string of the molecule is C#CCn1c(=NC(=O)Cc2cccc(C)c2)sc2cc(OCC)ccc21. The first kappa shape index (κ1) is 18.0. The summed E-state index contributed by atoms with van der Waals surface area (Å²) in [5.74, 6) is 3.26. The van der Waals surface area contributed by atoms with Crippen LogP contribution in [-0.2, 0) is 17.8 Å². The van der Waals surface area contributed by atoms with Crippen molar-refractivity contribution in [3.63, 3.8) is 0 Å². The number of carbonyl (C=O) groups excluding carboxylic acids is 1. The number of ether oxygens (including phenoxy) is 1. The van der Waals surface area contributed by atoms with E-state index >= 15 is 0 Å². The fourth-order valence-corrected chi connectivity index (χ4v) is 3.86. The fourth-order valence-electron chi connectivity index (χ4n) is 2.78. The van der Waals surface area contributed by atoms with Gasteiger partial charge in [0.15, 0.2) is 4.80 Å². The topological polar surface area (TPSA) is 43.6 Å². The van der Waals surface area contributed by atoms with Gasteiger partial charge in [-0.25, -0.2) is 0 Å². The van der Waals surface area contributed by atoms with Crippen LogP contribution in [-0.4, -0.2) is 17.1 Å². The molecule has 132 valence electrons. The minimum Gasteiger partial charge on any atom is -0.494 e. The van der Waals surface area contributed by atoms with Gasteiger partial charge in [-0.2, -0.15) is 4.99 Å². The Hall–Kier alpha value is -2.84. The lowest BCUT2D eigenvalue weighted by molar-refractivity contribution is -0.117. The molecule has 1 aromatic heterocycles. The molecular weight excluding hydrogens is 344 g/mol. The molecule has 0 saturated carbocycles. The van der Waals surface area contributed by atoms with Crippen LogP contribution >= 0.6 is 11.3 Å². The quantitative estimate of drug-likeness (QED) is 0.648. The first-order chi connectivity index (χ1) is 12.6. The third-order valence-corrected chi connectivity index (χ3v) is 4.91. The van der Waals surface area contributed by atoms with Gasteiger partial charge in [-0.3, -0.25) is 4.79 Å². The molecule has 0 saturated heterocycles. The van der Waals surface area contributed by atoms with Gasteiger partial charge in [-0.1, -0.05) is 47.1 Å². The first-order valence-corrected chi connectivity index (χ1v) is 9.25. The molecule has 3 aromatic rings. The first-order valence-electron chi connectivity index (χ1n) is 8.43. The minimum atomic E-state index is -0.182. The maximum absolute atomic E-state index is 12.4. The molecule has 0 N–H and O–H groups in total. The molecule has 1 amide bonds. The molecule has 0 aliphatic heterocycles. The van der Waals surface area contributed by atoms with Crippen molar-refractivity contribution in [2.75, 3.05) is 6.61 Å². The Morgan fingerprint density at radius 3 is 2.88 bits per heavy atom. The van der Waals surface area contributed by atoms with Crippen molar-refractivity contribution in [1.82, 2.24) is 4.57 Å². The third-order valence-electron chi connectivity index (χ3n) is 3.87. The molecule has 0 bridgehead atoms. The lowest BCUT2D eigenvalue weighted by Crippen LogP contribution is -2.17. The van der Waals surface area contributed by atoms with Crippen LogP contribution in [0.3, 0.4) is 0 Å². The van der Waals surface area contributed by atoms with Crippen molar-refractivity contribution in [2.24, 2.45) is 4.99 Å². The normalized spacial score (nSPS) is 11.5. The molecule has 0 aliphatic carbocycles. The number of hydrogen-bond donors (Lipinski definition) is 0. The molecule has 2 aromatic carbocycles. The number of hydrogen-bond acceptors (Lipinski definition) is 3. The zero-order valence-electron chi connectivity index (χ0n) is 14.9. The summed E-state index contributed by atoms with van der Waals surface area (Å²) >= 11 is 1.45. The summed E-state index contributed by atoms with van der Waals surface area (Å²) in [6.45, 7) is 4.92. The van der Waals surface area contributed by atoms with Gasteiger partial charge in [-0.05, 0) is 37.6 Å². The maximum atomic E-state index is 12.4. The monoisotopic (exact) mass is 364 g/mol. The summed E-state index contributed by atoms with van der Waals surface area (Å²) in [5, 5.41) is 0. The van der Waals surface area contributed by atoms with Crippen LogP contribution < -0.4 is 9.54 Å². The molecular formula is C21H20N2O2S. The molecule has 0 spiro atoms. The zero-order chi connectivity index (χ0) is 18.5. The standard InChI is InChI=1S/C21H20N2O2S/c1-4-11-23-18-10-9-17(25-5-2)14-19(18)26-21(23)22-20(24)13-16-8-6-7-15(3)12-16/h1,6-10,12,14H,5,11,13H2,2-3H3. The average Bonchev–Trinajstić information content (AvgIpc) is 2.92. The van der Waals surface area contributed by atoms with E-state index in [9.17, 15) is 4.79 Å². The van der Waals surface area contributed by atoms with E-state index in [0.717, 1.165) is 27.1 Å². The van der Waals surface area contributed by atoms with Crippen molar-refractivity contribution in [3.05, 3.63) is 58.4 Å². The van der Waals surface area contributed by atoms with Crippen LogP contribution in [0.2, 0.25) is 0 Å². The van der Waals surface area contributed by atoms with E-state index < -0.39 is 0 Å². The summed E-state index contributed by atoms with van der Waals surface area (Å²) in [7, 11) is 0. The maximum Gasteiger partial charge on any atom is 0.252 e. The summed E-state index contributed by atoms with van der Waals surface area (Å²) in [4.78, 5) is 17.4. The number of nitrogens with zero attached hydrogens (tertiary/aromatic N) is 2. The van der Waals surface area contributed by atoms with E-state index in [1.54, 1.807) is 0 Å². The number of terminal acetylenes is 1. The van der Waals surface area contributed by atoms with Crippen LogP contribution in [0, 0.1) is 19.3 Å². The van der Waals surface area contributed by atoms with Crippen molar-refractivity contribution in [2.45, 2.75) is 26.8 Å². The summed E-state index contributed by atoms with van der Waals surface area (Å²) in [6, 6.07) is 13.7. The molecule has 0 fully saturated rings. The third kappa shape index (κ3) is 4.04. The number of benzene rings is 2. The van der Waals surface area contributed by atoms with Gasteiger partial charge in [0.05, 0.1) is 29.8 Å². The lowest BCUT2D eigenvalue weighted by atomic mass is 10.1. The number of fused-ring (bicyclic) bond motifs is 1. The largest absolute Gasteiger partial charge is 0.494 e. The molecule has 0 aliphatic rings. The molecule has 1 heterocycles. The molecule has 26 heavy (non-hydrogen) atoms. The van der Waals surface area contributed by atoms with Crippen LogP contribution in [0.15, 0.2) is 47.5 Å². The molecule has 0 unspecified atom stereocenters. The number of thiazole rings is 1. The van der Waals surface area contributed by atoms with Crippen LogP contribution in [0.5, 0.6) is 5.75 Å². The molecule has 5 heteroatoms. The highest BCUT2D eigenvalue weighted by Crippen LogP contribution is 2.23. The molecule has 0 radical (unpaired) electrons. The van der Waals surface area contributed by atoms with Gasteiger partial charge in [0, 0.05) is 0 Å². The van der Waals surface area contributed by atoms with Crippen LogP contribution in [0.4, 0.5) is 0 Å². The highest BCUT2D eigenvalue weighted by molar-refractivity contribution is 7.16. The van der Waals surface area contributed by atoms with E-state index in [0.29, 0.717) is 18.0 Å². The van der Waals surface area contributed by atoms with E-state index in [1.165, 1.54) is 11.3 Å². The second-order valence-electron chi connectivity index (χ2n) is 5.91. The van der Waals surface area contributed by atoms with Crippen LogP contribution in [0.1, 0.15) is 18.1 Å². The second-order valence-corrected chi connectivity index (χ2v) is 6.92. The number of carbonyl (C=O) groups is 1. The summed E-state index contributed by atoms with van der Waals surface area (Å²) in [6.07, 6.45) is 5.78. The van der Waals surface area contributed by atoms with E-state index in [2.05, 4.69) is 10.9 Å². The lowest BCUT2D eigenvalue weighted by Gasteiger charge is -2.03. The van der Waals surface area contributed by atoms with Gasteiger partial charge >= 0.3 is 0 Å². The highest BCUT2D eigenvalue weighted by Gasteiger charge is 2.09. The number of aryl methyl sites for hydroxylation is 1. The van der Waals surface area contributed by atoms with Gasteiger partial charge in [-0.15, -0.1) is 6.42 Å². The van der Waals surface area contributed by atoms with Crippen molar-refractivity contribution in [1.29, 1.82) is 0 Å². The van der Waals surface area contributed by atoms with Crippen molar-refractivity contribution in [3.8, 4) is 18.1 Å². The second kappa shape index (κ2) is 8.03.